The van der Waals surface area contributed by atoms with Crippen molar-refractivity contribution in [2.45, 2.75) is 33.4 Å². The van der Waals surface area contributed by atoms with E-state index in [2.05, 4.69) is 39.6 Å². The topological polar surface area (TPSA) is 77.6 Å². The highest BCUT2D eigenvalue weighted by atomic mass is 16.1. The molecule has 0 aliphatic carbocycles. The van der Waals surface area contributed by atoms with Crippen molar-refractivity contribution in [2.24, 2.45) is 0 Å². The van der Waals surface area contributed by atoms with E-state index in [-0.39, 0.29) is 5.91 Å². The molecule has 0 aliphatic rings. The number of carbonyl (C=O) groups is 1. The van der Waals surface area contributed by atoms with E-state index in [0.29, 0.717) is 25.5 Å². The molecule has 0 unspecified atom stereocenters. The molecule has 3 aromatic rings. The zero-order valence-corrected chi connectivity index (χ0v) is 13.8. The lowest BCUT2D eigenvalue weighted by molar-refractivity contribution is -0.116. The van der Waals surface area contributed by atoms with Crippen LogP contribution in [0.15, 0.2) is 42.9 Å². The molecule has 0 aliphatic heterocycles. The normalized spacial score (nSPS) is 10.8. The van der Waals surface area contributed by atoms with Crippen molar-refractivity contribution in [3.63, 3.8) is 0 Å². The molecular weight excluding hydrogens is 304 g/mol. The van der Waals surface area contributed by atoms with Gasteiger partial charge in [0.25, 0.3) is 0 Å². The Morgan fingerprint density at radius 3 is 2.79 bits per heavy atom. The fourth-order valence-corrected chi connectivity index (χ4v) is 2.42. The van der Waals surface area contributed by atoms with Gasteiger partial charge in [-0.15, -0.1) is 5.10 Å². The average molecular weight is 324 g/mol. The summed E-state index contributed by atoms with van der Waals surface area (Å²) in [6.45, 7) is 5.12. The Balaban J connectivity index is 1.52. The lowest BCUT2D eigenvalue weighted by atomic mass is 10.1. The maximum absolute atomic E-state index is 12.0. The highest BCUT2D eigenvalue weighted by molar-refractivity contribution is 5.88. The molecule has 0 radical (unpaired) electrons. The van der Waals surface area contributed by atoms with Crippen LogP contribution < -0.4 is 5.32 Å². The maximum atomic E-state index is 12.0. The first-order chi connectivity index (χ1) is 11.6. The second-order valence-corrected chi connectivity index (χ2v) is 5.77. The van der Waals surface area contributed by atoms with Gasteiger partial charge in [-0.05, 0) is 25.5 Å². The van der Waals surface area contributed by atoms with Gasteiger partial charge in [0, 0.05) is 19.2 Å². The van der Waals surface area contributed by atoms with Crippen LogP contribution in [-0.4, -0.2) is 30.5 Å². The monoisotopic (exact) mass is 324 g/mol. The van der Waals surface area contributed by atoms with Gasteiger partial charge in [-0.2, -0.15) is 5.10 Å². The van der Waals surface area contributed by atoms with Gasteiger partial charge in [0.2, 0.25) is 11.9 Å². The first-order valence-electron chi connectivity index (χ1n) is 7.83. The summed E-state index contributed by atoms with van der Waals surface area (Å²) in [4.78, 5) is 16.1. The molecule has 0 saturated heterocycles. The van der Waals surface area contributed by atoms with Crippen molar-refractivity contribution in [1.29, 1.82) is 0 Å². The van der Waals surface area contributed by atoms with E-state index in [9.17, 15) is 4.79 Å². The Hall–Kier alpha value is -2.96. The summed E-state index contributed by atoms with van der Waals surface area (Å²) in [5, 5.41) is 11.2. The summed E-state index contributed by atoms with van der Waals surface area (Å²) in [5.41, 5.74) is 3.29. The standard InChI is InChI=1S/C17H20N6O/c1-13-4-3-5-15(10-13)11-23-12-18-17(21-23)19-16(24)7-9-22-8-6-14(2)20-22/h3-6,8,10,12H,7,9,11H2,1-2H3,(H,19,21,24). The number of aryl methyl sites for hydroxylation is 3. The van der Waals surface area contributed by atoms with E-state index in [1.165, 1.54) is 5.56 Å². The Morgan fingerprint density at radius 2 is 2.04 bits per heavy atom. The fraction of sp³-hybridized carbons (Fsp3) is 0.294. The van der Waals surface area contributed by atoms with Crippen molar-refractivity contribution in [3.8, 4) is 0 Å². The predicted molar refractivity (Wildman–Crippen MR) is 90.5 cm³/mol. The second kappa shape index (κ2) is 7.08. The van der Waals surface area contributed by atoms with Crippen molar-refractivity contribution in [3.05, 3.63) is 59.7 Å². The molecule has 0 atom stereocenters. The molecule has 0 fully saturated rings. The van der Waals surface area contributed by atoms with Crippen molar-refractivity contribution >= 4 is 11.9 Å². The molecule has 24 heavy (non-hydrogen) atoms. The van der Waals surface area contributed by atoms with Crippen LogP contribution in [0.1, 0.15) is 23.2 Å². The maximum Gasteiger partial charge on any atom is 0.248 e. The molecule has 0 saturated carbocycles. The molecule has 7 nitrogen and oxygen atoms in total. The van der Waals surface area contributed by atoms with Crippen LogP contribution in [0.5, 0.6) is 0 Å². The second-order valence-electron chi connectivity index (χ2n) is 5.77. The third kappa shape index (κ3) is 4.28. The van der Waals surface area contributed by atoms with Crippen LogP contribution in [0.3, 0.4) is 0 Å². The lowest BCUT2D eigenvalue weighted by Crippen LogP contribution is -2.16. The van der Waals surface area contributed by atoms with E-state index in [1.807, 2.05) is 31.3 Å². The number of nitrogens with one attached hydrogen (secondary N) is 1. The van der Waals surface area contributed by atoms with Crippen LogP contribution in [0.4, 0.5) is 5.95 Å². The fourth-order valence-electron chi connectivity index (χ4n) is 2.42. The minimum atomic E-state index is -0.128. The van der Waals surface area contributed by atoms with E-state index in [1.54, 1.807) is 15.7 Å². The molecule has 7 heteroatoms. The molecule has 2 aromatic heterocycles. The van der Waals surface area contributed by atoms with Gasteiger partial charge in [-0.25, -0.2) is 9.67 Å². The van der Waals surface area contributed by atoms with Gasteiger partial charge < -0.3 is 0 Å². The smallest absolute Gasteiger partial charge is 0.248 e. The predicted octanol–water partition coefficient (Wildman–Crippen LogP) is 2.17. The molecular formula is C17H20N6O. The Labute approximate surface area is 140 Å². The van der Waals surface area contributed by atoms with E-state index >= 15 is 0 Å². The number of nitrogens with zero attached hydrogens (tertiary/aromatic N) is 5. The summed E-state index contributed by atoms with van der Waals surface area (Å²) in [7, 11) is 0. The Kier molecular flexibility index (Phi) is 4.69. The van der Waals surface area contributed by atoms with Gasteiger partial charge in [-0.1, -0.05) is 29.8 Å². The SMILES string of the molecule is Cc1cccc(Cn2cnc(NC(=O)CCn3ccc(C)n3)n2)c1. The van der Waals surface area contributed by atoms with Crippen LogP contribution in [0.2, 0.25) is 0 Å². The van der Waals surface area contributed by atoms with Gasteiger partial charge >= 0.3 is 0 Å². The third-order valence-electron chi connectivity index (χ3n) is 3.56. The van der Waals surface area contributed by atoms with Crippen LogP contribution in [0.25, 0.3) is 0 Å². The quantitative estimate of drug-likeness (QED) is 0.754. The van der Waals surface area contributed by atoms with Crippen LogP contribution in [-0.2, 0) is 17.9 Å². The van der Waals surface area contributed by atoms with Gasteiger partial charge in [0.1, 0.15) is 6.33 Å². The summed E-state index contributed by atoms with van der Waals surface area (Å²) >= 11 is 0. The zero-order valence-electron chi connectivity index (χ0n) is 13.8. The molecule has 124 valence electrons. The number of hydrogen-bond acceptors (Lipinski definition) is 4. The summed E-state index contributed by atoms with van der Waals surface area (Å²) < 4.78 is 3.46. The highest BCUT2D eigenvalue weighted by Gasteiger charge is 2.07. The lowest BCUT2D eigenvalue weighted by Gasteiger charge is -2.03. The van der Waals surface area contributed by atoms with Crippen molar-refractivity contribution in [2.75, 3.05) is 5.32 Å². The average Bonchev–Trinajstić information content (AvgIpc) is 3.14. The minimum absolute atomic E-state index is 0.128. The van der Waals surface area contributed by atoms with Crippen molar-refractivity contribution in [1.82, 2.24) is 24.5 Å². The van der Waals surface area contributed by atoms with Crippen LogP contribution in [0, 0.1) is 13.8 Å². The summed E-state index contributed by atoms with van der Waals surface area (Å²) in [6.07, 6.45) is 3.81. The number of benzene rings is 1. The molecule has 0 bridgehead atoms. The third-order valence-corrected chi connectivity index (χ3v) is 3.56. The van der Waals surface area contributed by atoms with E-state index < -0.39 is 0 Å². The minimum Gasteiger partial charge on any atom is -0.293 e. The molecule has 0 spiro atoms. The number of anilines is 1. The summed E-state index contributed by atoms with van der Waals surface area (Å²) in [6, 6.07) is 10.1. The number of hydrogen-bond donors (Lipinski definition) is 1. The van der Waals surface area contributed by atoms with Crippen LogP contribution >= 0.6 is 0 Å². The first kappa shape index (κ1) is 15.9. The molecule has 3 rings (SSSR count). The Morgan fingerprint density at radius 1 is 1.17 bits per heavy atom. The highest BCUT2D eigenvalue weighted by Crippen LogP contribution is 2.07. The van der Waals surface area contributed by atoms with Gasteiger partial charge in [0.15, 0.2) is 0 Å². The van der Waals surface area contributed by atoms with Gasteiger partial charge in [-0.3, -0.25) is 14.8 Å². The number of amides is 1. The first-order valence-corrected chi connectivity index (χ1v) is 7.83. The van der Waals surface area contributed by atoms with E-state index in [4.69, 9.17) is 0 Å². The molecule has 1 amide bonds. The number of aromatic nitrogens is 5. The zero-order chi connectivity index (χ0) is 16.9. The van der Waals surface area contributed by atoms with Gasteiger partial charge in [0.05, 0.1) is 12.2 Å². The largest absolute Gasteiger partial charge is 0.293 e. The number of rotatable bonds is 6. The molecule has 2 heterocycles. The Bertz CT molecular complexity index is 835. The summed E-state index contributed by atoms with van der Waals surface area (Å²) in [5.74, 6) is 0.195. The van der Waals surface area contributed by atoms with E-state index in [0.717, 1.165) is 11.3 Å². The molecule has 1 N–H and O–H groups in total. The number of carbonyl (C=O) groups excluding carboxylic acids is 1. The van der Waals surface area contributed by atoms with Crippen molar-refractivity contribution < 1.29 is 4.79 Å². The molecule has 1 aromatic carbocycles.